The van der Waals surface area contributed by atoms with Crippen LogP contribution in [0.1, 0.15) is 17.3 Å². The maximum atomic E-state index is 12.9. The largest absolute Gasteiger partial charge is 0.495 e. The molecule has 8 heteroatoms. The van der Waals surface area contributed by atoms with Gasteiger partial charge in [0, 0.05) is 38.3 Å². The smallest absolute Gasteiger partial charge is 0.254 e. The fraction of sp³-hybridized carbons (Fsp3) is 0.350. The third-order valence-corrected chi connectivity index (χ3v) is 6.26. The van der Waals surface area contributed by atoms with Crippen molar-refractivity contribution in [3.8, 4) is 5.75 Å². The maximum Gasteiger partial charge on any atom is 0.254 e. The lowest BCUT2D eigenvalue weighted by Crippen LogP contribution is -2.48. The van der Waals surface area contributed by atoms with Gasteiger partial charge >= 0.3 is 0 Å². The van der Waals surface area contributed by atoms with E-state index >= 15 is 0 Å². The van der Waals surface area contributed by atoms with E-state index in [1.54, 1.807) is 31.1 Å². The topological polar surface area (TPSA) is 79.0 Å². The molecule has 0 radical (unpaired) electrons. The molecule has 150 valence electrons. The number of carbonyl (C=O) groups is 1. The number of anilines is 1. The molecule has 1 N–H and O–H groups in total. The number of carbonyl (C=O) groups excluding carboxylic acids is 1. The Hall–Kier alpha value is -2.58. The van der Waals surface area contributed by atoms with E-state index in [4.69, 9.17) is 4.74 Å². The van der Waals surface area contributed by atoms with E-state index in [9.17, 15) is 13.2 Å². The standard InChI is InChI=1S/C20H25N3O4S/c1-3-21-28(25,26)17-8-6-7-16(15-17)20(24)23-13-11-22(12-14-23)18-9-4-5-10-19(18)27-2/h4-10,15,21H,3,11-14H2,1-2H3. The first-order valence-electron chi connectivity index (χ1n) is 9.23. The van der Waals surface area contributed by atoms with Crippen LogP contribution in [0.15, 0.2) is 53.4 Å². The van der Waals surface area contributed by atoms with Crippen LogP contribution in [0, 0.1) is 0 Å². The highest BCUT2D eigenvalue weighted by atomic mass is 32.2. The van der Waals surface area contributed by atoms with Crippen LogP contribution in [0.3, 0.4) is 0 Å². The minimum Gasteiger partial charge on any atom is -0.495 e. The van der Waals surface area contributed by atoms with E-state index < -0.39 is 10.0 Å². The van der Waals surface area contributed by atoms with Gasteiger partial charge in [-0.3, -0.25) is 4.79 Å². The number of rotatable bonds is 6. The number of sulfonamides is 1. The van der Waals surface area contributed by atoms with Gasteiger partial charge in [-0.05, 0) is 30.3 Å². The number of hydrogen-bond donors (Lipinski definition) is 1. The van der Waals surface area contributed by atoms with Gasteiger partial charge in [-0.1, -0.05) is 25.1 Å². The fourth-order valence-corrected chi connectivity index (χ4v) is 4.38. The van der Waals surface area contributed by atoms with Gasteiger partial charge in [-0.25, -0.2) is 13.1 Å². The minimum atomic E-state index is -3.59. The molecule has 1 aliphatic rings. The van der Waals surface area contributed by atoms with Crippen LogP contribution in [0.4, 0.5) is 5.69 Å². The molecule has 3 rings (SSSR count). The van der Waals surface area contributed by atoms with Crippen molar-refractivity contribution < 1.29 is 17.9 Å². The Kier molecular flexibility index (Phi) is 6.21. The summed E-state index contributed by atoms with van der Waals surface area (Å²) in [6, 6.07) is 14.0. The number of hydrogen-bond acceptors (Lipinski definition) is 5. The Morgan fingerprint density at radius 1 is 1.07 bits per heavy atom. The zero-order valence-electron chi connectivity index (χ0n) is 16.1. The van der Waals surface area contributed by atoms with Crippen molar-refractivity contribution in [3.63, 3.8) is 0 Å². The summed E-state index contributed by atoms with van der Waals surface area (Å²) < 4.78 is 32.2. The highest BCUT2D eigenvalue weighted by molar-refractivity contribution is 7.89. The quantitative estimate of drug-likeness (QED) is 0.798. The zero-order valence-corrected chi connectivity index (χ0v) is 16.9. The van der Waals surface area contributed by atoms with E-state index in [1.165, 1.54) is 12.1 Å². The molecule has 7 nitrogen and oxygen atoms in total. The maximum absolute atomic E-state index is 12.9. The lowest BCUT2D eigenvalue weighted by Gasteiger charge is -2.36. The van der Waals surface area contributed by atoms with Gasteiger partial charge in [0.15, 0.2) is 0 Å². The molecule has 0 spiro atoms. The molecular weight excluding hydrogens is 378 g/mol. The summed E-state index contributed by atoms with van der Waals surface area (Å²) in [7, 11) is -1.95. The molecule has 0 aliphatic carbocycles. The van der Waals surface area contributed by atoms with Crippen LogP contribution in [0.25, 0.3) is 0 Å². The van der Waals surface area contributed by atoms with E-state index in [0.717, 1.165) is 11.4 Å². The van der Waals surface area contributed by atoms with Gasteiger partial charge in [0.25, 0.3) is 5.91 Å². The van der Waals surface area contributed by atoms with E-state index in [2.05, 4.69) is 9.62 Å². The summed E-state index contributed by atoms with van der Waals surface area (Å²) in [6.45, 7) is 4.49. The lowest BCUT2D eigenvalue weighted by molar-refractivity contribution is 0.0746. The molecule has 0 saturated carbocycles. The summed E-state index contributed by atoms with van der Waals surface area (Å²) in [5.74, 6) is 0.650. The van der Waals surface area contributed by atoms with E-state index in [0.29, 0.717) is 38.3 Å². The number of amides is 1. The molecule has 2 aromatic carbocycles. The fourth-order valence-electron chi connectivity index (χ4n) is 3.29. The average Bonchev–Trinajstić information content (AvgIpc) is 2.73. The summed E-state index contributed by atoms with van der Waals surface area (Å²) in [6.07, 6.45) is 0. The van der Waals surface area contributed by atoms with Crippen molar-refractivity contribution >= 4 is 21.6 Å². The third-order valence-electron chi connectivity index (χ3n) is 4.72. The Morgan fingerprint density at radius 2 is 1.79 bits per heavy atom. The minimum absolute atomic E-state index is 0.104. The van der Waals surface area contributed by atoms with Crippen molar-refractivity contribution in [3.05, 3.63) is 54.1 Å². The highest BCUT2D eigenvalue weighted by Crippen LogP contribution is 2.28. The van der Waals surface area contributed by atoms with E-state index in [-0.39, 0.29) is 10.8 Å². The predicted molar refractivity (Wildman–Crippen MR) is 108 cm³/mol. The van der Waals surface area contributed by atoms with Gasteiger partial charge in [-0.15, -0.1) is 0 Å². The SMILES string of the molecule is CCNS(=O)(=O)c1cccc(C(=O)N2CCN(c3ccccc3OC)CC2)c1. The Bertz CT molecular complexity index is 938. The molecule has 1 saturated heterocycles. The van der Waals surface area contributed by atoms with Crippen molar-refractivity contribution in [1.29, 1.82) is 0 Å². The van der Waals surface area contributed by atoms with Crippen molar-refractivity contribution in [2.45, 2.75) is 11.8 Å². The molecule has 0 bridgehead atoms. The summed E-state index contributed by atoms with van der Waals surface area (Å²) in [5, 5.41) is 0. The first-order chi connectivity index (χ1) is 13.5. The number of ether oxygens (including phenoxy) is 1. The highest BCUT2D eigenvalue weighted by Gasteiger charge is 2.24. The first-order valence-corrected chi connectivity index (χ1v) is 10.7. The van der Waals surface area contributed by atoms with Gasteiger partial charge in [0.1, 0.15) is 5.75 Å². The number of nitrogens with zero attached hydrogens (tertiary/aromatic N) is 2. The number of para-hydroxylation sites is 2. The van der Waals surface area contributed by atoms with Gasteiger partial charge in [0.05, 0.1) is 17.7 Å². The van der Waals surface area contributed by atoms with Crippen molar-refractivity contribution in [1.82, 2.24) is 9.62 Å². The normalized spacial score (nSPS) is 14.8. The molecule has 0 aromatic heterocycles. The third kappa shape index (κ3) is 4.28. The van der Waals surface area contributed by atoms with Crippen LogP contribution in [-0.4, -0.2) is 59.1 Å². The predicted octanol–water partition coefficient (Wildman–Crippen LogP) is 1.96. The lowest BCUT2D eigenvalue weighted by atomic mass is 10.1. The second-order valence-electron chi connectivity index (χ2n) is 6.48. The van der Waals surface area contributed by atoms with E-state index in [1.807, 2.05) is 24.3 Å². The van der Waals surface area contributed by atoms with Crippen LogP contribution in [0.2, 0.25) is 0 Å². The molecule has 1 aliphatic heterocycles. The first kappa shape index (κ1) is 20.2. The van der Waals surface area contributed by atoms with Crippen LogP contribution in [-0.2, 0) is 10.0 Å². The molecule has 1 amide bonds. The number of benzene rings is 2. The second kappa shape index (κ2) is 8.62. The Balaban J connectivity index is 1.71. The number of piperazine rings is 1. The summed E-state index contributed by atoms with van der Waals surface area (Å²) >= 11 is 0. The molecule has 1 fully saturated rings. The van der Waals surface area contributed by atoms with Crippen molar-refractivity contribution in [2.24, 2.45) is 0 Å². The molecule has 1 heterocycles. The molecule has 0 unspecified atom stereocenters. The summed E-state index contributed by atoms with van der Waals surface area (Å²) in [4.78, 5) is 16.9. The Labute approximate surface area is 166 Å². The number of nitrogens with one attached hydrogen (secondary N) is 1. The molecule has 0 atom stereocenters. The molecular formula is C20H25N3O4S. The van der Waals surface area contributed by atoms with Crippen LogP contribution in [0.5, 0.6) is 5.75 Å². The van der Waals surface area contributed by atoms with Crippen molar-refractivity contribution in [2.75, 3.05) is 44.7 Å². The van der Waals surface area contributed by atoms with Gasteiger partial charge in [0.2, 0.25) is 10.0 Å². The second-order valence-corrected chi connectivity index (χ2v) is 8.25. The van der Waals surface area contributed by atoms with Gasteiger partial charge in [-0.2, -0.15) is 0 Å². The van der Waals surface area contributed by atoms with Gasteiger partial charge < -0.3 is 14.5 Å². The average molecular weight is 404 g/mol. The number of methoxy groups -OCH3 is 1. The zero-order chi connectivity index (χ0) is 20.1. The molecule has 28 heavy (non-hydrogen) atoms. The summed E-state index contributed by atoms with van der Waals surface area (Å²) in [5.41, 5.74) is 1.39. The monoisotopic (exact) mass is 403 g/mol. The van der Waals surface area contributed by atoms with Crippen LogP contribution < -0.4 is 14.4 Å². The van der Waals surface area contributed by atoms with Crippen LogP contribution >= 0.6 is 0 Å². The molecule has 2 aromatic rings. The Morgan fingerprint density at radius 3 is 2.46 bits per heavy atom.